The molecule has 7 heteroatoms. The predicted molar refractivity (Wildman–Crippen MR) is 75.5 cm³/mol. The first kappa shape index (κ1) is 13.8. The third-order valence-corrected chi connectivity index (χ3v) is 4.78. The normalized spacial score (nSPS) is 12.3. The molecule has 0 spiro atoms. The molecule has 1 aromatic heterocycles. The standard InChI is InChI=1S/C12H12N2O3S2/c1-13-10(15)7(11(16)17)6-18-12-14-8-4-2-3-5-9(8)19-12/h2-5,7H,6H2,1H3,(H,13,15)(H,16,17). The van der Waals surface area contributed by atoms with Crippen LogP contribution in [0.3, 0.4) is 0 Å². The van der Waals surface area contributed by atoms with Crippen LogP contribution in [0.4, 0.5) is 0 Å². The summed E-state index contributed by atoms with van der Waals surface area (Å²) in [5.41, 5.74) is 0.891. The highest BCUT2D eigenvalue weighted by atomic mass is 32.2. The van der Waals surface area contributed by atoms with Crippen LogP contribution in [0.25, 0.3) is 10.2 Å². The van der Waals surface area contributed by atoms with Crippen molar-refractivity contribution in [2.24, 2.45) is 5.92 Å². The zero-order chi connectivity index (χ0) is 13.8. The Morgan fingerprint density at radius 1 is 1.47 bits per heavy atom. The van der Waals surface area contributed by atoms with Crippen LogP contribution in [0.5, 0.6) is 0 Å². The number of carboxylic acids is 1. The summed E-state index contributed by atoms with van der Waals surface area (Å²) in [6.07, 6.45) is 0. The summed E-state index contributed by atoms with van der Waals surface area (Å²) >= 11 is 2.79. The zero-order valence-corrected chi connectivity index (χ0v) is 11.8. The first-order valence-electron chi connectivity index (χ1n) is 5.54. The van der Waals surface area contributed by atoms with E-state index in [1.807, 2.05) is 24.3 Å². The van der Waals surface area contributed by atoms with Gasteiger partial charge in [0.15, 0.2) is 4.34 Å². The number of carbonyl (C=O) groups excluding carboxylic acids is 1. The molecule has 1 aromatic carbocycles. The number of aliphatic carboxylic acids is 1. The minimum absolute atomic E-state index is 0.175. The van der Waals surface area contributed by atoms with Crippen molar-refractivity contribution in [3.63, 3.8) is 0 Å². The Balaban J connectivity index is 2.08. The van der Waals surface area contributed by atoms with Gasteiger partial charge in [0.1, 0.15) is 5.92 Å². The first-order chi connectivity index (χ1) is 9.11. The summed E-state index contributed by atoms with van der Waals surface area (Å²) in [6.45, 7) is 0. The molecule has 0 saturated carbocycles. The molecule has 0 aliphatic heterocycles. The molecule has 1 atom stereocenters. The number of fused-ring (bicyclic) bond motifs is 1. The van der Waals surface area contributed by atoms with Crippen molar-refractivity contribution in [2.45, 2.75) is 4.34 Å². The second-order valence-electron chi connectivity index (χ2n) is 3.76. The fraction of sp³-hybridized carbons (Fsp3) is 0.250. The third kappa shape index (κ3) is 3.24. The number of hydrogen-bond acceptors (Lipinski definition) is 5. The highest BCUT2D eigenvalue weighted by Crippen LogP contribution is 2.30. The van der Waals surface area contributed by atoms with Crippen LogP contribution in [0.1, 0.15) is 0 Å². The number of thiazole rings is 1. The highest BCUT2D eigenvalue weighted by Gasteiger charge is 2.25. The largest absolute Gasteiger partial charge is 0.481 e. The number of nitrogens with zero attached hydrogens (tertiary/aromatic N) is 1. The van der Waals surface area contributed by atoms with Crippen molar-refractivity contribution in [1.29, 1.82) is 0 Å². The highest BCUT2D eigenvalue weighted by molar-refractivity contribution is 8.01. The number of hydrogen-bond donors (Lipinski definition) is 2. The van der Waals surface area contributed by atoms with Crippen LogP contribution >= 0.6 is 23.1 Å². The number of carbonyl (C=O) groups is 2. The monoisotopic (exact) mass is 296 g/mol. The maximum absolute atomic E-state index is 11.4. The van der Waals surface area contributed by atoms with Gasteiger partial charge in [0, 0.05) is 12.8 Å². The first-order valence-corrected chi connectivity index (χ1v) is 7.35. The van der Waals surface area contributed by atoms with E-state index in [0.717, 1.165) is 14.6 Å². The van der Waals surface area contributed by atoms with Gasteiger partial charge in [-0.05, 0) is 12.1 Å². The van der Waals surface area contributed by atoms with Gasteiger partial charge in [-0.1, -0.05) is 23.9 Å². The van der Waals surface area contributed by atoms with E-state index in [2.05, 4.69) is 10.3 Å². The maximum Gasteiger partial charge on any atom is 0.316 e. The number of rotatable bonds is 5. The van der Waals surface area contributed by atoms with Crippen LogP contribution in [0, 0.1) is 5.92 Å². The van der Waals surface area contributed by atoms with Gasteiger partial charge in [-0.25, -0.2) is 4.98 Å². The molecule has 2 N–H and O–H groups in total. The summed E-state index contributed by atoms with van der Waals surface area (Å²) in [6, 6.07) is 7.70. The van der Waals surface area contributed by atoms with Crippen molar-refractivity contribution >= 4 is 45.2 Å². The Morgan fingerprint density at radius 2 is 2.21 bits per heavy atom. The molecule has 100 valence electrons. The molecule has 0 radical (unpaired) electrons. The minimum atomic E-state index is -1.12. The number of thioether (sulfide) groups is 1. The van der Waals surface area contributed by atoms with E-state index in [1.54, 1.807) is 0 Å². The Hall–Kier alpha value is -1.60. The van der Waals surface area contributed by atoms with Crippen molar-refractivity contribution < 1.29 is 14.7 Å². The van der Waals surface area contributed by atoms with Crippen LogP contribution in [0.2, 0.25) is 0 Å². The van der Waals surface area contributed by atoms with Gasteiger partial charge in [0.2, 0.25) is 5.91 Å². The molecule has 0 saturated heterocycles. The van der Waals surface area contributed by atoms with Crippen molar-refractivity contribution in [3.05, 3.63) is 24.3 Å². The molecular weight excluding hydrogens is 284 g/mol. The van der Waals surface area contributed by atoms with Crippen LogP contribution in [-0.2, 0) is 9.59 Å². The van der Waals surface area contributed by atoms with E-state index in [1.165, 1.54) is 30.1 Å². The fourth-order valence-electron chi connectivity index (χ4n) is 1.50. The van der Waals surface area contributed by atoms with Crippen molar-refractivity contribution in [1.82, 2.24) is 10.3 Å². The van der Waals surface area contributed by atoms with E-state index in [0.29, 0.717) is 0 Å². The summed E-state index contributed by atoms with van der Waals surface area (Å²) < 4.78 is 1.83. The topological polar surface area (TPSA) is 79.3 Å². The van der Waals surface area contributed by atoms with E-state index in [9.17, 15) is 9.59 Å². The number of para-hydroxylation sites is 1. The Labute approximate surface area is 118 Å². The van der Waals surface area contributed by atoms with E-state index < -0.39 is 17.8 Å². The lowest BCUT2D eigenvalue weighted by atomic mass is 10.2. The second-order valence-corrected chi connectivity index (χ2v) is 6.06. The van der Waals surface area contributed by atoms with Crippen LogP contribution in [0.15, 0.2) is 28.6 Å². The Kier molecular flexibility index (Phi) is 4.39. The number of benzene rings is 1. The van der Waals surface area contributed by atoms with Gasteiger partial charge >= 0.3 is 5.97 Å². The summed E-state index contributed by atoms with van der Waals surface area (Å²) in [4.78, 5) is 26.8. The van der Waals surface area contributed by atoms with Gasteiger partial charge in [-0.3, -0.25) is 9.59 Å². The molecule has 0 aliphatic rings. The summed E-state index contributed by atoms with van der Waals surface area (Å²) in [5.74, 6) is -2.48. The molecule has 5 nitrogen and oxygen atoms in total. The second kappa shape index (κ2) is 6.03. The van der Waals surface area contributed by atoms with Crippen molar-refractivity contribution in [2.75, 3.05) is 12.8 Å². The van der Waals surface area contributed by atoms with Gasteiger partial charge < -0.3 is 10.4 Å². The lowest BCUT2D eigenvalue weighted by molar-refractivity contribution is -0.145. The molecule has 1 heterocycles. The fourth-order valence-corrected chi connectivity index (χ4v) is 3.67. The average molecular weight is 296 g/mol. The third-order valence-electron chi connectivity index (χ3n) is 2.51. The number of amides is 1. The number of aromatic nitrogens is 1. The van der Waals surface area contributed by atoms with Crippen LogP contribution < -0.4 is 5.32 Å². The van der Waals surface area contributed by atoms with Gasteiger partial charge in [0.05, 0.1) is 10.2 Å². The van der Waals surface area contributed by atoms with Crippen LogP contribution in [-0.4, -0.2) is 34.8 Å². The quantitative estimate of drug-likeness (QED) is 0.650. The predicted octanol–water partition coefficient (Wildman–Crippen LogP) is 1.84. The maximum atomic E-state index is 11.4. The molecular formula is C12H12N2O3S2. The van der Waals surface area contributed by atoms with Crippen molar-refractivity contribution in [3.8, 4) is 0 Å². The average Bonchev–Trinajstić information content (AvgIpc) is 2.80. The molecule has 0 aliphatic carbocycles. The molecule has 2 aromatic rings. The zero-order valence-electron chi connectivity index (χ0n) is 10.1. The Morgan fingerprint density at radius 3 is 2.84 bits per heavy atom. The van der Waals surface area contributed by atoms with Gasteiger partial charge in [0.25, 0.3) is 0 Å². The molecule has 2 rings (SSSR count). The number of nitrogens with one attached hydrogen (secondary N) is 1. The lowest BCUT2D eigenvalue weighted by Gasteiger charge is -2.08. The molecule has 19 heavy (non-hydrogen) atoms. The SMILES string of the molecule is CNC(=O)C(CSc1nc2ccccc2s1)C(=O)O. The molecule has 1 amide bonds. The van der Waals surface area contributed by atoms with E-state index in [-0.39, 0.29) is 5.75 Å². The molecule has 0 fully saturated rings. The minimum Gasteiger partial charge on any atom is -0.481 e. The van der Waals surface area contributed by atoms with Gasteiger partial charge in [-0.2, -0.15) is 0 Å². The smallest absolute Gasteiger partial charge is 0.316 e. The summed E-state index contributed by atoms with van der Waals surface area (Å²) in [7, 11) is 1.43. The van der Waals surface area contributed by atoms with Gasteiger partial charge in [-0.15, -0.1) is 11.3 Å². The molecule has 0 bridgehead atoms. The number of carboxylic acid groups (broad SMARTS) is 1. The summed E-state index contributed by atoms with van der Waals surface area (Å²) in [5, 5.41) is 11.4. The molecule has 1 unspecified atom stereocenters. The van der Waals surface area contributed by atoms with E-state index in [4.69, 9.17) is 5.11 Å². The Bertz CT molecular complexity index is 579. The lowest BCUT2D eigenvalue weighted by Crippen LogP contribution is -2.34. The van der Waals surface area contributed by atoms with E-state index >= 15 is 0 Å².